The number of hydrogen-bond donors (Lipinski definition) is 0. The molecule has 2 rings (SSSR count). The zero-order valence-electron chi connectivity index (χ0n) is 19.9. The minimum Gasteiger partial charge on any atom is -0.422 e. The molecule has 0 N–H and O–H groups in total. The predicted molar refractivity (Wildman–Crippen MR) is 123 cm³/mol. The molecule has 0 atom stereocenters. The van der Waals surface area contributed by atoms with E-state index in [1.165, 1.54) is 38.1 Å². The molecule has 0 aromatic heterocycles. The molecule has 0 amide bonds. The van der Waals surface area contributed by atoms with Gasteiger partial charge < -0.3 is 14.4 Å². The maximum absolute atomic E-state index is 13.4. The molecule has 1 saturated heterocycles. The molecule has 0 radical (unpaired) electrons. The van der Waals surface area contributed by atoms with Crippen molar-refractivity contribution in [2.24, 2.45) is 10.9 Å². The second-order valence-corrected chi connectivity index (χ2v) is 8.73. The van der Waals surface area contributed by atoms with E-state index in [0.717, 1.165) is 51.4 Å². The van der Waals surface area contributed by atoms with Crippen molar-refractivity contribution in [3.8, 4) is 0 Å². The molecule has 1 fully saturated rings. The van der Waals surface area contributed by atoms with Gasteiger partial charge in [-0.15, -0.1) is 0 Å². The number of unbranched alkanes of at least 4 members (excludes halogenated alkanes) is 6. The molecule has 32 heavy (non-hydrogen) atoms. The minimum absolute atomic E-state index is 0.315. The zero-order valence-corrected chi connectivity index (χ0v) is 19.9. The lowest BCUT2D eigenvalue weighted by Gasteiger charge is -2.36. The first-order chi connectivity index (χ1) is 15.3. The molecular formula is C25H37FN2O4. The fourth-order valence-electron chi connectivity index (χ4n) is 3.70. The molecule has 6 nitrogen and oxygen atoms in total. The van der Waals surface area contributed by atoms with Crippen LogP contribution >= 0.6 is 0 Å². The Morgan fingerprint density at radius 2 is 1.41 bits per heavy atom. The maximum Gasteiger partial charge on any atom is 0.331 e. The van der Waals surface area contributed by atoms with E-state index >= 15 is 0 Å². The van der Waals surface area contributed by atoms with E-state index in [-0.39, 0.29) is 5.82 Å². The van der Waals surface area contributed by atoms with Crippen molar-refractivity contribution in [1.29, 1.82) is 0 Å². The predicted octanol–water partition coefficient (Wildman–Crippen LogP) is 5.77. The summed E-state index contributed by atoms with van der Waals surface area (Å²) in [5.74, 6) is -3.96. The Bertz CT molecular complexity index is 745. The first kappa shape index (κ1) is 25.8. The van der Waals surface area contributed by atoms with Gasteiger partial charge in [-0.2, -0.15) is 0 Å². The summed E-state index contributed by atoms with van der Waals surface area (Å²) >= 11 is 0. The number of ether oxygens (including phenoxy) is 2. The molecular weight excluding hydrogens is 411 g/mol. The van der Waals surface area contributed by atoms with Crippen LogP contribution in [0.25, 0.3) is 0 Å². The van der Waals surface area contributed by atoms with Gasteiger partial charge in [0.15, 0.2) is 0 Å². The molecule has 0 spiro atoms. The molecule has 1 aromatic rings. The van der Waals surface area contributed by atoms with Crippen molar-refractivity contribution in [3.63, 3.8) is 0 Å². The number of hydrogen-bond acceptors (Lipinski definition) is 5. The Morgan fingerprint density at radius 1 is 0.906 bits per heavy atom. The zero-order chi connectivity index (χ0) is 23.6. The van der Waals surface area contributed by atoms with Gasteiger partial charge in [-0.3, -0.25) is 9.59 Å². The highest BCUT2D eigenvalue weighted by Gasteiger charge is 2.47. The number of halogens is 1. The number of aliphatic imine (C=N–C) groups is 1. The third-order valence-corrected chi connectivity index (χ3v) is 5.38. The van der Waals surface area contributed by atoms with Crippen molar-refractivity contribution < 1.29 is 23.5 Å². The van der Waals surface area contributed by atoms with Crippen LogP contribution in [0.3, 0.4) is 0 Å². The van der Waals surface area contributed by atoms with E-state index in [2.05, 4.69) is 18.8 Å². The van der Waals surface area contributed by atoms with Crippen molar-refractivity contribution in [1.82, 2.24) is 4.90 Å². The summed E-state index contributed by atoms with van der Waals surface area (Å²) in [4.78, 5) is 32.4. The highest BCUT2D eigenvalue weighted by Crippen LogP contribution is 2.27. The number of carbonyl (C=O) groups is 2. The van der Waals surface area contributed by atoms with E-state index in [1.807, 2.05) is 4.90 Å². The third-order valence-electron chi connectivity index (χ3n) is 5.38. The van der Waals surface area contributed by atoms with E-state index in [0.29, 0.717) is 24.6 Å². The molecule has 7 heteroatoms. The summed E-state index contributed by atoms with van der Waals surface area (Å²) in [6.07, 6.45) is 8.42. The number of nitrogens with zero attached hydrogens (tertiary/aromatic N) is 2. The molecule has 1 aromatic carbocycles. The molecule has 1 heterocycles. The number of carbonyl (C=O) groups excluding carboxylic acids is 2. The standard InChI is InChI=1S/C25H37FN2O4/c1-5-7-9-11-17-28(18-12-10-8-6-2)22(27-20-15-13-19(26)14-16-20)21-23(29)31-25(3,4)32-24(21)30/h13-16,21H,5-12,17-18H2,1-4H3. The number of cyclic esters (lactones) is 2. The second kappa shape index (κ2) is 12.6. The normalized spacial score (nSPS) is 16.6. The number of benzene rings is 1. The van der Waals surface area contributed by atoms with Crippen LogP contribution in [0.15, 0.2) is 29.3 Å². The SMILES string of the molecule is CCCCCCN(CCCCCC)C(=Nc1ccc(F)cc1)C1C(=O)OC(C)(C)OC1=O. The van der Waals surface area contributed by atoms with E-state index in [4.69, 9.17) is 9.47 Å². The smallest absolute Gasteiger partial charge is 0.331 e. The van der Waals surface area contributed by atoms with Crippen molar-refractivity contribution in [3.05, 3.63) is 30.1 Å². The van der Waals surface area contributed by atoms with Crippen LogP contribution in [-0.4, -0.2) is 41.6 Å². The first-order valence-corrected chi connectivity index (χ1v) is 11.8. The second-order valence-electron chi connectivity index (χ2n) is 8.73. The van der Waals surface area contributed by atoms with Gasteiger partial charge in [-0.25, -0.2) is 9.38 Å². The molecule has 178 valence electrons. The molecule has 0 bridgehead atoms. The van der Waals surface area contributed by atoms with Gasteiger partial charge in [0, 0.05) is 26.9 Å². The van der Waals surface area contributed by atoms with Crippen molar-refractivity contribution >= 4 is 23.5 Å². The average molecular weight is 449 g/mol. The van der Waals surface area contributed by atoms with Crippen LogP contribution in [0.5, 0.6) is 0 Å². The topological polar surface area (TPSA) is 68.2 Å². The summed E-state index contributed by atoms with van der Waals surface area (Å²) in [6.45, 7) is 8.71. The first-order valence-electron chi connectivity index (χ1n) is 11.8. The molecule has 0 aliphatic carbocycles. The van der Waals surface area contributed by atoms with Gasteiger partial charge in [0.2, 0.25) is 5.92 Å². The lowest BCUT2D eigenvalue weighted by Crippen LogP contribution is -2.53. The summed E-state index contributed by atoms with van der Waals surface area (Å²) in [7, 11) is 0. The molecule has 1 aliphatic rings. The van der Waals surface area contributed by atoms with Crippen LogP contribution < -0.4 is 0 Å². The minimum atomic E-state index is -1.31. The highest BCUT2D eigenvalue weighted by atomic mass is 19.1. The van der Waals surface area contributed by atoms with Gasteiger partial charge in [0.25, 0.3) is 5.79 Å². The Morgan fingerprint density at radius 3 is 1.88 bits per heavy atom. The monoisotopic (exact) mass is 448 g/mol. The van der Waals surface area contributed by atoms with Crippen molar-refractivity contribution in [2.45, 2.75) is 84.8 Å². The third kappa shape index (κ3) is 7.92. The number of esters is 2. The Labute approximate surface area is 191 Å². The van der Waals surface area contributed by atoms with Gasteiger partial charge in [0.05, 0.1) is 5.69 Å². The Kier molecular flexibility index (Phi) is 10.1. The maximum atomic E-state index is 13.4. The summed E-state index contributed by atoms with van der Waals surface area (Å²) in [6, 6.07) is 5.68. The number of rotatable bonds is 12. The largest absolute Gasteiger partial charge is 0.422 e. The summed E-state index contributed by atoms with van der Waals surface area (Å²) in [5, 5.41) is 0. The fraction of sp³-hybridized carbons (Fsp3) is 0.640. The quantitative estimate of drug-likeness (QED) is 0.133. The Hall–Kier alpha value is -2.44. The summed E-state index contributed by atoms with van der Waals surface area (Å²) in [5.41, 5.74) is 0.471. The van der Waals surface area contributed by atoms with Gasteiger partial charge in [-0.05, 0) is 37.1 Å². The fourth-order valence-corrected chi connectivity index (χ4v) is 3.70. The lowest BCUT2D eigenvalue weighted by atomic mass is 10.0. The van der Waals surface area contributed by atoms with Gasteiger partial charge in [0.1, 0.15) is 11.7 Å². The lowest BCUT2D eigenvalue weighted by molar-refractivity contribution is -0.236. The van der Waals surface area contributed by atoms with E-state index < -0.39 is 23.6 Å². The summed E-state index contributed by atoms with van der Waals surface area (Å²) < 4.78 is 24.2. The van der Waals surface area contributed by atoms with Gasteiger partial charge >= 0.3 is 11.9 Å². The molecule has 0 saturated carbocycles. The Balaban J connectivity index is 2.38. The van der Waals surface area contributed by atoms with Crippen molar-refractivity contribution in [2.75, 3.05) is 13.1 Å². The van der Waals surface area contributed by atoms with Crippen LogP contribution in [-0.2, 0) is 19.1 Å². The molecule has 1 aliphatic heterocycles. The van der Waals surface area contributed by atoms with Gasteiger partial charge in [-0.1, -0.05) is 52.4 Å². The van der Waals surface area contributed by atoms with E-state index in [9.17, 15) is 14.0 Å². The van der Waals surface area contributed by atoms with Crippen LogP contribution in [0.1, 0.15) is 79.1 Å². The highest BCUT2D eigenvalue weighted by molar-refractivity contribution is 6.17. The van der Waals surface area contributed by atoms with Crippen LogP contribution in [0.2, 0.25) is 0 Å². The average Bonchev–Trinajstić information content (AvgIpc) is 2.72. The van der Waals surface area contributed by atoms with E-state index in [1.54, 1.807) is 0 Å². The van der Waals surface area contributed by atoms with Crippen LogP contribution in [0.4, 0.5) is 10.1 Å². The molecule has 0 unspecified atom stereocenters. The number of amidine groups is 1. The van der Waals surface area contributed by atoms with Crippen LogP contribution in [0, 0.1) is 11.7 Å².